The maximum absolute atomic E-state index is 4.76. The molecular formula is C10H21Cl2N5OS. The molecule has 0 amide bonds. The van der Waals surface area contributed by atoms with Crippen molar-refractivity contribution in [3.63, 3.8) is 0 Å². The summed E-state index contributed by atoms with van der Waals surface area (Å²) in [6.07, 6.45) is 1.73. The van der Waals surface area contributed by atoms with Gasteiger partial charge < -0.3 is 10.3 Å². The van der Waals surface area contributed by atoms with Crippen LogP contribution in [-0.2, 0) is 10.6 Å². The summed E-state index contributed by atoms with van der Waals surface area (Å²) in [5.74, 6) is 2.55. The van der Waals surface area contributed by atoms with Crippen LogP contribution in [0.3, 0.4) is 0 Å². The second kappa shape index (κ2) is 12.4. The first-order valence-corrected chi connectivity index (χ1v) is 6.49. The second-order valence-corrected chi connectivity index (χ2v) is 4.44. The maximum atomic E-state index is 4.76. The lowest BCUT2D eigenvalue weighted by molar-refractivity contribution is 0.141. The summed E-state index contributed by atoms with van der Waals surface area (Å²) in [4.78, 5) is 16.1. The van der Waals surface area contributed by atoms with Gasteiger partial charge in [-0.1, -0.05) is 0 Å². The Morgan fingerprint density at radius 2 is 2.26 bits per heavy atom. The number of aryl methyl sites for hydroxylation is 1. The standard InChI is InChI=1S/C10H19N5OS.2ClH/c1-8-9(14-7-13-8)6-17-5-4-12-10(11-2)15-16-3;;/h7H,4-6H2,1-3H3,(H,13,14)(H2,11,12,15);2*1H. The molecule has 0 aliphatic rings. The number of nitrogens with zero attached hydrogens (tertiary/aromatic N) is 2. The first-order valence-electron chi connectivity index (χ1n) is 5.34. The number of aliphatic imine (C=N–C) groups is 1. The number of guanidine groups is 1. The van der Waals surface area contributed by atoms with Gasteiger partial charge >= 0.3 is 0 Å². The Labute approximate surface area is 130 Å². The van der Waals surface area contributed by atoms with Crippen LogP contribution in [-0.4, -0.2) is 42.4 Å². The molecule has 0 aliphatic heterocycles. The zero-order valence-corrected chi connectivity index (χ0v) is 13.7. The van der Waals surface area contributed by atoms with E-state index in [1.54, 1.807) is 20.5 Å². The van der Waals surface area contributed by atoms with E-state index in [2.05, 4.69) is 25.8 Å². The third kappa shape index (κ3) is 8.20. The van der Waals surface area contributed by atoms with Gasteiger partial charge in [-0.05, 0) is 6.92 Å². The number of rotatable bonds is 6. The van der Waals surface area contributed by atoms with Crippen LogP contribution in [0.4, 0.5) is 0 Å². The van der Waals surface area contributed by atoms with Crippen LogP contribution in [0, 0.1) is 6.92 Å². The highest BCUT2D eigenvalue weighted by atomic mass is 35.5. The number of nitrogens with one attached hydrogen (secondary N) is 3. The lowest BCUT2D eigenvalue weighted by Gasteiger charge is -2.09. The summed E-state index contributed by atoms with van der Waals surface area (Å²) >= 11 is 1.83. The molecule has 1 aromatic heterocycles. The summed E-state index contributed by atoms with van der Waals surface area (Å²) in [6.45, 7) is 2.86. The number of hydroxylamine groups is 1. The molecule has 0 atom stereocenters. The highest BCUT2D eigenvalue weighted by Gasteiger charge is 2.00. The van der Waals surface area contributed by atoms with Crippen molar-refractivity contribution in [1.82, 2.24) is 20.8 Å². The van der Waals surface area contributed by atoms with Crippen LogP contribution < -0.4 is 10.8 Å². The van der Waals surface area contributed by atoms with Gasteiger partial charge in [0.2, 0.25) is 5.96 Å². The van der Waals surface area contributed by atoms with Crippen molar-refractivity contribution in [2.24, 2.45) is 4.99 Å². The molecule has 1 heterocycles. The monoisotopic (exact) mass is 329 g/mol. The van der Waals surface area contributed by atoms with Crippen molar-refractivity contribution in [2.45, 2.75) is 12.7 Å². The Morgan fingerprint density at radius 1 is 1.53 bits per heavy atom. The molecule has 6 nitrogen and oxygen atoms in total. The topological polar surface area (TPSA) is 74.3 Å². The van der Waals surface area contributed by atoms with Crippen LogP contribution >= 0.6 is 36.6 Å². The molecule has 0 saturated heterocycles. The molecule has 0 saturated carbocycles. The third-order valence-corrected chi connectivity index (χ3v) is 3.10. The van der Waals surface area contributed by atoms with Crippen molar-refractivity contribution in [1.29, 1.82) is 0 Å². The molecule has 0 spiro atoms. The van der Waals surface area contributed by atoms with Crippen molar-refractivity contribution < 1.29 is 4.84 Å². The minimum absolute atomic E-state index is 0. The smallest absolute Gasteiger partial charge is 0.215 e. The first kappa shape index (κ1) is 20.7. The first-order chi connectivity index (χ1) is 8.27. The molecule has 0 aliphatic carbocycles. The van der Waals surface area contributed by atoms with E-state index in [0.717, 1.165) is 29.4 Å². The van der Waals surface area contributed by atoms with Crippen LogP contribution in [0.5, 0.6) is 0 Å². The fourth-order valence-corrected chi connectivity index (χ4v) is 2.08. The number of aromatic nitrogens is 2. The predicted molar refractivity (Wildman–Crippen MR) is 85.5 cm³/mol. The molecule has 0 unspecified atom stereocenters. The molecule has 0 aromatic carbocycles. The lowest BCUT2D eigenvalue weighted by atomic mass is 10.4. The Balaban J connectivity index is 0. The Morgan fingerprint density at radius 3 is 2.79 bits per heavy atom. The highest BCUT2D eigenvalue weighted by molar-refractivity contribution is 7.98. The number of aromatic amines is 1. The molecule has 9 heteroatoms. The average molecular weight is 330 g/mol. The van der Waals surface area contributed by atoms with E-state index in [-0.39, 0.29) is 24.8 Å². The van der Waals surface area contributed by atoms with Crippen molar-refractivity contribution >= 4 is 42.5 Å². The zero-order valence-electron chi connectivity index (χ0n) is 11.2. The quantitative estimate of drug-likeness (QED) is 0.319. The van der Waals surface area contributed by atoms with Gasteiger partial charge in [-0.2, -0.15) is 11.8 Å². The van der Waals surface area contributed by atoms with Gasteiger partial charge in [0.25, 0.3) is 0 Å². The average Bonchev–Trinajstić information content (AvgIpc) is 2.73. The highest BCUT2D eigenvalue weighted by Crippen LogP contribution is 2.11. The van der Waals surface area contributed by atoms with E-state index in [0.29, 0.717) is 5.96 Å². The summed E-state index contributed by atoms with van der Waals surface area (Å²) in [7, 11) is 3.26. The molecule has 1 rings (SSSR count). The Hall–Kier alpha value is -0.630. The molecule has 19 heavy (non-hydrogen) atoms. The number of hydrogen-bond acceptors (Lipinski definition) is 4. The number of thioether (sulfide) groups is 1. The zero-order chi connectivity index (χ0) is 12.5. The van der Waals surface area contributed by atoms with Crippen LogP contribution in [0.25, 0.3) is 0 Å². The molecule has 1 aromatic rings. The largest absolute Gasteiger partial charge is 0.354 e. The van der Waals surface area contributed by atoms with Crippen molar-refractivity contribution in [2.75, 3.05) is 26.5 Å². The van der Waals surface area contributed by atoms with Crippen molar-refractivity contribution in [3.05, 3.63) is 17.7 Å². The maximum Gasteiger partial charge on any atom is 0.215 e. The van der Waals surface area contributed by atoms with Gasteiger partial charge in [0.05, 0.1) is 19.1 Å². The predicted octanol–water partition coefficient (Wildman–Crippen LogP) is 1.52. The molecular weight excluding hydrogens is 309 g/mol. The van der Waals surface area contributed by atoms with E-state index in [9.17, 15) is 0 Å². The fraction of sp³-hybridized carbons (Fsp3) is 0.600. The van der Waals surface area contributed by atoms with E-state index in [1.807, 2.05) is 18.7 Å². The third-order valence-electron chi connectivity index (χ3n) is 2.13. The van der Waals surface area contributed by atoms with E-state index >= 15 is 0 Å². The van der Waals surface area contributed by atoms with Crippen LogP contribution in [0.15, 0.2) is 11.3 Å². The number of imidazole rings is 1. The second-order valence-electron chi connectivity index (χ2n) is 3.33. The molecule has 0 bridgehead atoms. The van der Waals surface area contributed by atoms with Gasteiger partial charge in [-0.3, -0.25) is 9.83 Å². The summed E-state index contributed by atoms with van der Waals surface area (Å²) < 4.78 is 0. The van der Waals surface area contributed by atoms with Gasteiger partial charge in [0.15, 0.2) is 0 Å². The Bertz CT molecular complexity index is 361. The minimum atomic E-state index is 0. The number of H-pyrrole nitrogens is 1. The fourth-order valence-electron chi connectivity index (χ4n) is 1.20. The molecule has 112 valence electrons. The van der Waals surface area contributed by atoms with E-state index in [1.165, 1.54) is 0 Å². The summed E-state index contributed by atoms with van der Waals surface area (Å²) in [5.41, 5.74) is 4.92. The number of halogens is 2. The molecule has 0 fully saturated rings. The number of hydrogen-bond donors (Lipinski definition) is 3. The van der Waals surface area contributed by atoms with Crippen LogP contribution in [0.1, 0.15) is 11.4 Å². The lowest BCUT2D eigenvalue weighted by Crippen LogP contribution is -2.37. The van der Waals surface area contributed by atoms with E-state index in [4.69, 9.17) is 4.84 Å². The summed E-state index contributed by atoms with van der Waals surface area (Å²) in [6, 6.07) is 0. The van der Waals surface area contributed by atoms with Gasteiger partial charge in [0, 0.05) is 30.8 Å². The van der Waals surface area contributed by atoms with E-state index < -0.39 is 0 Å². The minimum Gasteiger partial charge on any atom is -0.354 e. The SMILES string of the molecule is CN=C(NCCSCc1nc[nH]c1C)NOC.Cl.Cl. The normalized spacial score (nSPS) is 10.4. The van der Waals surface area contributed by atoms with Crippen molar-refractivity contribution in [3.8, 4) is 0 Å². The van der Waals surface area contributed by atoms with Crippen LogP contribution in [0.2, 0.25) is 0 Å². The van der Waals surface area contributed by atoms with Gasteiger partial charge in [0.1, 0.15) is 0 Å². The summed E-state index contributed by atoms with van der Waals surface area (Å²) in [5, 5.41) is 3.13. The Kier molecular flexibility index (Phi) is 13.5. The van der Waals surface area contributed by atoms with Gasteiger partial charge in [-0.25, -0.2) is 10.5 Å². The molecule has 3 N–H and O–H groups in total. The molecule has 0 radical (unpaired) electrons. The van der Waals surface area contributed by atoms with Gasteiger partial charge in [-0.15, -0.1) is 24.8 Å².